The number of hydrogen-bond donors (Lipinski definition) is 2. The maximum atomic E-state index is 12.2. The van der Waals surface area contributed by atoms with E-state index in [2.05, 4.69) is 33.2 Å². The van der Waals surface area contributed by atoms with Crippen LogP contribution in [0.25, 0.3) is 0 Å². The quantitative estimate of drug-likeness (QED) is 0.770. The first kappa shape index (κ1) is 13.9. The molecule has 1 heterocycles. The van der Waals surface area contributed by atoms with Crippen molar-refractivity contribution in [1.82, 2.24) is 0 Å². The van der Waals surface area contributed by atoms with Crippen molar-refractivity contribution in [3.63, 3.8) is 0 Å². The Morgan fingerprint density at radius 1 is 1.19 bits per heavy atom. The Morgan fingerprint density at radius 2 is 1.95 bits per heavy atom. The van der Waals surface area contributed by atoms with E-state index in [9.17, 15) is 9.59 Å². The molecule has 5 nitrogen and oxygen atoms in total. The number of ether oxygens (including phenoxy) is 1. The van der Waals surface area contributed by atoms with Crippen LogP contribution in [-0.2, 0) is 4.79 Å². The first-order valence-electron chi connectivity index (χ1n) is 6.25. The molecule has 106 valence electrons. The van der Waals surface area contributed by atoms with Gasteiger partial charge in [-0.05, 0) is 65.1 Å². The van der Waals surface area contributed by atoms with Gasteiger partial charge in [-0.3, -0.25) is 9.59 Å². The lowest BCUT2D eigenvalue weighted by molar-refractivity contribution is -0.118. The summed E-state index contributed by atoms with van der Waals surface area (Å²) in [6.07, 6.45) is 0. The number of benzene rings is 2. The summed E-state index contributed by atoms with van der Waals surface area (Å²) in [5, 5.41) is 5.49. The fourth-order valence-corrected chi connectivity index (χ4v) is 2.32. The standard InChI is InChI=1S/C15H11IN2O3/c16-10-2-4-11(5-3-10)17-15(20)9-1-6-13-12(7-9)18-14(19)8-21-13/h1-7H,8H2,(H,17,20)(H,18,19). The summed E-state index contributed by atoms with van der Waals surface area (Å²) < 4.78 is 6.35. The Hall–Kier alpha value is -2.09. The number of anilines is 2. The summed E-state index contributed by atoms with van der Waals surface area (Å²) in [5.41, 5.74) is 1.69. The highest BCUT2D eigenvalue weighted by molar-refractivity contribution is 14.1. The van der Waals surface area contributed by atoms with Gasteiger partial charge in [-0.15, -0.1) is 0 Å². The van der Waals surface area contributed by atoms with E-state index in [4.69, 9.17) is 4.74 Å². The molecule has 0 atom stereocenters. The molecule has 0 unspecified atom stereocenters. The monoisotopic (exact) mass is 394 g/mol. The summed E-state index contributed by atoms with van der Waals surface area (Å²) in [5.74, 6) is 0.108. The third-order valence-electron chi connectivity index (χ3n) is 2.98. The van der Waals surface area contributed by atoms with Crippen molar-refractivity contribution in [1.29, 1.82) is 0 Å². The van der Waals surface area contributed by atoms with Gasteiger partial charge in [-0.2, -0.15) is 0 Å². The van der Waals surface area contributed by atoms with Crippen LogP contribution in [0.4, 0.5) is 11.4 Å². The molecule has 1 aliphatic rings. The van der Waals surface area contributed by atoms with E-state index in [-0.39, 0.29) is 18.4 Å². The summed E-state index contributed by atoms with van der Waals surface area (Å²) in [6, 6.07) is 12.4. The lowest BCUT2D eigenvalue weighted by Gasteiger charge is -2.18. The number of amides is 2. The van der Waals surface area contributed by atoms with Crippen LogP contribution in [0.1, 0.15) is 10.4 Å². The average Bonchev–Trinajstić information content (AvgIpc) is 2.48. The zero-order valence-electron chi connectivity index (χ0n) is 10.9. The molecule has 0 spiro atoms. The van der Waals surface area contributed by atoms with Crippen LogP contribution in [0.5, 0.6) is 5.75 Å². The molecular weight excluding hydrogens is 383 g/mol. The highest BCUT2D eigenvalue weighted by atomic mass is 127. The molecule has 0 bridgehead atoms. The predicted octanol–water partition coefficient (Wildman–Crippen LogP) is 2.87. The smallest absolute Gasteiger partial charge is 0.262 e. The topological polar surface area (TPSA) is 67.4 Å². The fraction of sp³-hybridized carbons (Fsp3) is 0.0667. The van der Waals surface area contributed by atoms with E-state index in [0.717, 1.165) is 9.26 Å². The van der Waals surface area contributed by atoms with E-state index in [1.165, 1.54) is 0 Å². The molecule has 1 aliphatic heterocycles. The number of nitrogens with one attached hydrogen (secondary N) is 2. The Balaban J connectivity index is 1.80. The number of carbonyl (C=O) groups excluding carboxylic acids is 2. The molecular formula is C15H11IN2O3. The minimum absolute atomic E-state index is 0.00118. The molecule has 2 amide bonds. The lowest BCUT2D eigenvalue weighted by atomic mass is 10.1. The zero-order valence-corrected chi connectivity index (χ0v) is 13.0. The lowest BCUT2D eigenvalue weighted by Crippen LogP contribution is -2.25. The van der Waals surface area contributed by atoms with Crippen LogP contribution < -0.4 is 15.4 Å². The first-order chi connectivity index (χ1) is 10.1. The van der Waals surface area contributed by atoms with Gasteiger partial charge < -0.3 is 15.4 Å². The number of rotatable bonds is 2. The Labute approximate surface area is 134 Å². The van der Waals surface area contributed by atoms with Gasteiger partial charge in [0.25, 0.3) is 11.8 Å². The molecule has 21 heavy (non-hydrogen) atoms. The van der Waals surface area contributed by atoms with Crippen molar-refractivity contribution in [3.8, 4) is 5.75 Å². The maximum Gasteiger partial charge on any atom is 0.262 e. The van der Waals surface area contributed by atoms with Crippen molar-refractivity contribution in [2.75, 3.05) is 17.2 Å². The molecule has 0 radical (unpaired) electrons. The molecule has 2 aromatic carbocycles. The fourth-order valence-electron chi connectivity index (χ4n) is 1.96. The molecule has 3 rings (SSSR count). The van der Waals surface area contributed by atoms with Gasteiger partial charge in [0.2, 0.25) is 0 Å². The third kappa shape index (κ3) is 3.15. The van der Waals surface area contributed by atoms with E-state index in [0.29, 0.717) is 17.0 Å². The minimum atomic E-state index is -0.237. The van der Waals surface area contributed by atoms with Crippen molar-refractivity contribution in [2.24, 2.45) is 0 Å². The van der Waals surface area contributed by atoms with Gasteiger partial charge in [0.15, 0.2) is 6.61 Å². The number of hydrogen-bond acceptors (Lipinski definition) is 3. The summed E-state index contributed by atoms with van der Waals surface area (Å²) >= 11 is 2.20. The Bertz CT molecular complexity index is 713. The number of fused-ring (bicyclic) bond motifs is 1. The molecule has 0 aliphatic carbocycles. The first-order valence-corrected chi connectivity index (χ1v) is 7.33. The molecule has 2 aromatic rings. The molecule has 0 saturated carbocycles. The summed E-state index contributed by atoms with van der Waals surface area (Å²) in [4.78, 5) is 23.5. The van der Waals surface area contributed by atoms with Crippen LogP contribution in [0.3, 0.4) is 0 Å². The number of halogens is 1. The van der Waals surface area contributed by atoms with Crippen LogP contribution in [0.15, 0.2) is 42.5 Å². The highest BCUT2D eigenvalue weighted by Gasteiger charge is 2.17. The van der Waals surface area contributed by atoms with E-state index < -0.39 is 0 Å². The van der Waals surface area contributed by atoms with Gasteiger partial charge in [-0.1, -0.05) is 0 Å². The van der Waals surface area contributed by atoms with Crippen molar-refractivity contribution in [2.45, 2.75) is 0 Å². The van der Waals surface area contributed by atoms with Gasteiger partial charge in [0.1, 0.15) is 5.75 Å². The van der Waals surface area contributed by atoms with E-state index in [1.54, 1.807) is 18.2 Å². The molecule has 2 N–H and O–H groups in total. The van der Waals surface area contributed by atoms with Crippen LogP contribution in [0.2, 0.25) is 0 Å². The highest BCUT2D eigenvalue weighted by Crippen LogP contribution is 2.28. The summed E-state index contributed by atoms with van der Waals surface area (Å²) in [7, 11) is 0. The largest absolute Gasteiger partial charge is 0.482 e. The normalized spacial score (nSPS) is 12.9. The predicted molar refractivity (Wildman–Crippen MR) is 87.7 cm³/mol. The van der Waals surface area contributed by atoms with Crippen LogP contribution >= 0.6 is 22.6 Å². The second-order valence-corrected chi connectivity index (χ2v) is 5.75. The Kier molecular flexibility index (Phi) is 3.78. The SMILES string of the molecule is O=C1COc2ccc(C(=O)Nc3ccc(I)cc3)cc2N1. The van der Waals surface area contributed by atoms with Crippen LogP contribution in [0, 0.1) is 3.57 Å². The molecule has 0 fully saturated rings. The van der Waals surface area contributed by atoms with E-state index in [1.807, 2.05) is 24.3 Å². The minimum Gasteiger partial charge on any atom is -0.482 e. The van der Waals surface area contributed by atoms with Gasteiger partial charge in [-0.25, -0.2) is 0 Å². The summed E-state index contributed by atoms with van der Waals surface area (Å²) in [6.45, 7) is 0.00118. The van der Waals surface area contributed by atoms with Crippen LogP contribution in [-0.4, -0.2) is 18.4 Å². The van der Waals surface area contributed by atoms with E-state index >= 15 is 0 Å². The second-order valence-electron chi connectivity index (χ2n) is 4.51. The molecule has 0 saturated heterocycles. The van der Waals surface area contributed by atoms with Gasteiger partial charge in [0, 0.05) is 14.8 Å². The number of carbonyl (C=O) groups is 2. The van der Waals surface area contributed by atoms with Crippen molar-refractivity contribution < 1.29 is 14.3 Å². The average molecular weight is 394 g/mol. The molecule has 0 aromatic heterocycles. The Morgan fingerprint density at radius 3 is 2.71 bits per heavy atom. The molecule has 6 heteroatoms. The van der Waals surface area contributed by atoms with Crippen molar-refractivity contribution >= 4 is 45.8 Å². The van der Waals surface area contributed by atoms with Crippen molar-refractivity contribution in [3.05, 3.63) is 51.6 Å². The third-order valence-corrected chi connectivity index (χ3v) is 3.70. The zero-order chi connectivity index (χ0) is 14.8. The van der Waals surface area contributed by atoms with Gasteiger partial charge in [0.05, 0.1) is 5.69 Å². The van der Waals surface area contributed by atoms with Gasteiger partial charge >= 0.3 is 0 Å². The second kappa shape index (κ2) is 5.72. The maximum absolute atomic E-state index is 12.2.